The Morgan fingerprint density at radius 3 is 2.71 bits per heavy atom. The third-order valence-corrected chi connectivity index (χ3v) is 5.44. The van der Waals surface area contributed by atoms with Crippen molar-refractivity contribution in [2.75, 3.05) is 5.32 Å². The number of anilines is 1. The Morgan fingerprint density at radius 2 is 1.96 bits per heavy atom. The van der Waals surface area contributed by atoms with Gasteiger partial charge in [0, 0.05) is 10.9 Å². The van der Waals surface area contributed by atoms with Crippen LogP contribution in [0.15, 0.2) is 63.1 Å². The second-order valence-electron chi connectivity index (χ2n) is 6.46. The number of aryl methyl sites for hydroxylation is 1. The highest BCUT2D eigenvalue weighted by Gasteiger charge is 2.22. The number of nitrogens with zero attached hydrogens (tertiary/aromatic N) is 2. The van der Waals surface area contributed by atoms with Crippen LogP contribution in [0, 0.1) is 0 Å². The molecule has 7 heteroatoms. The molecule has 0 aliphatic heterocycles. The average Bonchev–Trinajstić information content (AvgIpc) is 3.31. The lowest BCUT2D eigenvalue weighted by atomic mass is 10.1. The summed E-state index contributed by atoms with van der Waals surface area (Å²) in [6.45, 7) is 3.78. The van der Waals surface area contributed by atoms with Crippen LogP contribution in [-0.4, -0.2) is 15.5 Å². The van der Waals surface area contributed by atoms with Crippen molar-refractivity contribution in [1.82, 2.24) is 9.55 Å². The lowest BCUT2D eigenvalue weighted by molar-refractivity contribution is -0.118. The summed E-state index contributed by atoms with van der Waals surface area (Å²) in [7, 11) is 0. The highest BCUT2D eigenvalue weighted by molar-refractivity contribution is 7.14. The standard InChI is InChI=1S/C21H19N3O3S/c1-3-14-8-10-15(11-9-14)16-12-28-20(22-16)23-19(25)13(2)24-17-6-4-5-7-18(17)27-21(24)26/h4-13H,3H2,1-2H3,(H,22,23,25). The van der Waals surface area contributed by atoms with E-state index in [1.807, 2.05) is 17.5 Å². The van der Waals surface area contributed by atoms with E-state index in [9.17, 15) is 9.59 Å². The molecule has 1 unspecified atom stereocenters. The van der Waals surface area contributed by atoms with E-state index in [1.54, 1.807) is 31.2 Å². The first-order valence-corrected chi connectivity index (χ1v) is 9.90. The van der Waals surface area contributed by atoms with E-state index in [1.165, 1.54) is 21.5 Å². The molecule has 28 heavy (non-hydrogen) atoms. The quantitative estimate of drug-likeness (QED) is 0.542. The molecule has 0 aliphatic rings. The van der Waals surface area contributed by atoms with Gasteiger partial charge in [0.15, 0.2) is 10.7 Å². The van der Waals surface area contributed by atoms with Gasteiger partial charge >= 0.3 is 5.76 Å². The monoisotopic (exact) mass is 393 g/mol. The minimum absolute atomic E-state index is 0.323. The first kappa shape index (κ1) is 18.2. The van der Waals surface area contributed by atoms with Crippen molar-refractivity contribution < 1.29 is 9.21 Å². The molecule has 0 saturated carbocycles. The number of hydrogen-bond donors (Lipinski definition) is 1. The summed E-state index contributed by atoms with van der Waals surface area (Å²) in [4.78, 5) is 29.4. The van der Waals surface area contributed by atoms with Crippen molar-refractivity contribution >= 4 is 33.5 Å². The van der Waals surface area contributed by atoms with Crippen molar-refractivity contribution in [3.05, 3.63) is 70.0 Å². The third kappa shape index (κ3) is 3.36. The smallest absolute Gasteiger partial charge is 0.408 e. The number of carbonyl (C=O) groups is 1. The summed E-state index contributed by atoms with van der Waals surface area (Å²) < 4.78 is 6.57. The van der Waals surface area contributed by atoms with Crippen LogP contribution in [0.5, 0.6) is 0 Å². The van der Waals surface area contributed by atoms with Crippen molar-refractivity contribution in [2.24, 2.45) is 0 Å². The molecule has 142 valence electrons. The lowest BCUT2D eigenvalue weighted by Crippen LogP contribution is -2.29. The van der Waals surface area contributed by atoms with Crippen LogP contribution in [0.4, 0.5) is 5.13 Å². The van der Waals surface area contributed by atoms with Crippen LogP contribution in [0.3, 0.4) is 0 Å². The van der Waals surface area contributed by atoms with Gasteiger partial charge in [0.2, 0.25) is 5.91 Å². The van der Waals surface area contributed by atoms with Gasteiger partial charge in [0.05, 0.1) is 11.2 Å². The molecule has 4 rings (SSSR count). The Balaban J connectivity index is 1.54. The molecule has 0 bridgehead atoms. The van der Waals surface area contributed by atoms with Crippen LogP contribution in [-0.2, 0) is 11.2 Å². The summed E-state index contributed by atoms with van der Waals surface area (Å²) in [5, 5.41) is 5.20. The zero-order valence-corrected chi connectivity index (χ0v) is 16.3. The molecule has 1 atom stereocenters. The van der Waals surface area contributed by atoms with Gasteiger partial charge in [-0.3, -0.25) is 9.36 Å². The fourth-order valence-corrected chi connectivity index (χ4v) is 3.78. The molecule has 0 fully saturated rings. The van der Waals surface area contributed by atoms with Gasteiger partial charge in [0.1, 0.15) is 6.04 Å². The molecule has 1 amide bonds. The molecule has 0 aliphatic carbocycles. The predicted molar refractivity (Wildman–Crippen MR) is 111 cm³/mol. The van der Waals surface area contributed by atoms with E-state index >= 15 is 0 Å². The Morgan fingerprint density at radius 1 is 1.21 bits per heavy atom. The number of para-hydroxylation sites is 2. The molecular weight excluding hydrogens is 374 g/mol. The molecule has 1 N–H and O–H groups in total. The largest absolute Gasteiger partial charge is 0.420 e. The number of benzene rings is 2. The van der Waals surface area contributed by atoms with Gasteiger partial charge in [-0.2, -0.15) is 0 Å². The third-order valence-electron chi connectivity index (χ3n) is 4.68. The molecule has 6 nitrogen and oxygen atoms in total. The van der Waals surface area contributed by atoms with Crippen LogP contribution >= 0.6 is 11.3 Å². The highest BCUT2D eigenvalue weighted by atomic mass is 32.1. The highest BCUT2D eigenvalue weighted by Crippen LogP contribution is 2.26. The predicted octanol–water partition coefficient (Wildman–Crippen LogP) is 4.48. The number of carbonyl (C=O) groups excluding carboxylic acids is 1. The van der Waals surface area contributed by atoms with E-state index < -0.39 is 11.8 Å². The summed E-state index contributed by atoms with van der Waals surface area (Å²) in [6, 6.07) is 14.5. The second kappa shape index (κ2) is 7.44. The molecular formula is C21H19N3O3S. The topological polar surface area (TPSA) is 77.1 Å². The number of thiazole rings is 1. The molecule has 0 saturated heterocycles. The minimum Gasteiger partial charge on any atom is -0.408 e. The molecule has 4 aromatic rings. The fraction of sp³-hybridized carbons (Fsp3) is 0.190. The van der Waals surface area contributed by atoms with Crippen molar-refractivity contribution in [3.8, 4) is 11.3 Å². The molecule has 0 spiro atoms. The average molecular weight is 393 g/mol. The first-order chi connectivity index (χ1) is 13.6. The van der Waals surface area contributed by atoms with E-state index in [0.29, 0.717) is 16.2 Å². The Labute approximate surface area is 165 Å². The van der Waals surface area contributed by atoms with Gasteiger partial charge in [-0.25, -0.2) is 9.78 Å². The van der Waals surface area contributed by atoms with E-state index in [4.69, 9.17) is 4.42 Å². The number of oxazole rings is 1. The Bertz CT molecular complexity index is 1190. The van der Waals surface area contributed by atoms with Crippen LogP contribution in [0.1, 0.15) is 25.5 Å². The van der Waals surface area contributed by atoms with Gasteiger partial charge in [-0.05, 0) is 31.0 Å². The van der Waals surface area contributed by atoms with E-state index in [2.05, 4.69) is 29.4 Å². The fourth-order valence-electron chi connectivity index (χ4n) is 3.05. The van der Waals surface area contributed by atoms with Gasteiger partial charge < -0.3 is 9.73 Å². The Kier molecular flexibility index (Phi) is 4.83. The maximum atomic E-state index is 12.7. The van der Waals surface area contributed by atoms with Crippen LogP contribution < -0.4 is 11.1 Å². The number of nitrogens with one attached hydrogen (secondary N) is 1. The summed E-state index contributed by atoms with van der Waals surface area (Å²) in [5.41, 5.74) is 4.12. The Hall–Kier alpha value is -3.19. The number of hydrogen-bond acceptors (Lipinski definition) is 5. The zero-order chi connectivity index (χ0) is 19.7. The van der Waals surface area contributed by atoms with Crippen molar-refractivity contribution in [3.63, 3.8) is 0 Å². The maximum Gasteiger partial charge on any atom is 0.420 e. The summed E-state index contributed by atoms with van der Waals surface area (Å²) in [5.74, 6) is -0.879. The molecule has 0 radical (unpaired) electrons. The second-order valence-corrected chi connectivity index (χ2v) is 7.32. The van der Waals surface area contributed by atoms with Crippen LogP contribution in [0.25, 0.3) is 22.4 Å². The SMILES string of the molecule is CCc1ccc(-c2csc(NC(=O)C(C)n3c(=O)oc4ccccc43)n2)cc1. The van der Waals surface area contributed by atoms with Gasteiger partial charge in [-0.15, -0.1) is 11.3 Å². The summed E-state index contributed by atoms with van der Waals surface area (Å²) >= 11 is 1.35. The minimum atomic E-state index is -0.729. The summed E-state index contributed by atoms with van der Waals surface area (Å²) in [6.07, 6.45) is 0.985. The molecule has 2 aromatic carbocycles. The van der Waals surface area contributed by atoms with Crippen LogP contribution in [0.2, 0.25) is 0 Å². The molecule has 2 heterocycles. The van der Waals surface area contributed by atoms with E-state index in [-0.39, 0.29) is 5.91 Å². The van der Waals surface area contributed by atoms with Crippen molar-refractivity contribution in [1.29, 1.82) is 0 Å². The first-order valence-electron chi connectivity index (χ1n) is 9.02. The van der Waals surface area contributed by atoms with Gasteiger partial charge in [0.25, 0.3) is 0 Å². The normalized spacial score (nSPS) is 12.2. The van der Waals surface area contributed by atoms with Gasteiger partial charge in [-0.1, -0.05) is 43.3 Å². The number of fused-ring (bicyclic) bond motifs is 1. The van der Waals surface area contributed by atoms with Crippen molar-refractivity contribution in [2.45, 2.75) is 26.3 Å². The maximum absolute atomic E-state index is 12.7. The zero-order valence-electron chi connectivity index (χ0n) is 15.5. The number of rotatable bonds is 5. The lowest BCUT2D eigenvalue weighted by Gasteiger charge is -2.11. The molecule has 2 aromatic heterocycles. The van der Waals surface area contributed by atoms with E-state index in [0.717, 1.165) is 17.7 Å². The number of amides is 1. The number of aromatic nitrogens is 2.